The van der Waals surface area contributed by atoms with Gasteiger partial charge in [-0.15, -0.1) is 0 Å². The molecular formula is C12H14N4. The average molecular weight is 214 g/mol. The van der Waals surface area contributed by atoms with E-state index in [4.69, 9.17) is 0 Å². The van der Waals surface area contributed by atoms with Gasteiger partial charge < -0.3 is 4.90 Å². The molecule has 0 spiro atoms. The van der Waals surface area contributed by atoms with Crippen LogP contribution in [0, 0.1) is 0 Å². The van der Waals surface area contributed by atoms with Crippen molar-refractivity contribution in [2.24, 2.45) is 0 Å². The standard InChI is InChI=1S/C12H14N4/c1-2-8-16(9-3-1)11-5-4-10-12(15-11)14-7-6-13-10/h4-7H,1-3,8-9H2. The van der Waals surface area contributed by atoms with Crippen LogP contribution < -0.4 is 4.90 Å². The fourth-order valence-corrected chi connectivity index (χ4v) is 2.14. The molecule has 1 fully saturated rings. The minimum atomic E-state index is 0.741. The van der Waals surface area contributed by atoms with E-state index in [-0.39, 0.29) is 0 Å². The molecule has 4 heteroatoms. The molecule has 1 aliphatic rings. The molecule has 0 radical (unpaired) electrons. The van der Waals surface area contributed by atoms with Gasteiger partial charge in [0, 0.05) is 25.5 Å². The van der Waals surface area contributed by atoms with Crippen molar-refractivity contribution in [1.82, 2.24) is 15.0 Å². The zero-order valence-electron chi connectivity index (χ0n) is 9.13. The summed E-state index contributed by atoms with van der Waals surface area (Å²) in [6.07, 6.45) is 7.25. The first-order chi connectivity index (χ1) is 7.93. The third-order valence-corrected chi connectivity index (χ3v) is 3.00. The van der Waals surface area contributed by atoms with Gasteiger partial charge in [-0.05, 0) is 31.4 Å². The van der Waals surface area contributed by atoms with E-state index in [1.165, 1.54) is 19.3 Å². The summed E-state index contributed by atoms with van der Waals surface area (Å²) in [7, 11) is 0. The third-order valence-electron chi connectivity index (χ3n) is 3.00. The van der Waals surface area contributed by atoms with Crippen LogP contribution in [0.4, 0.5) is 5.82 Å². The molecule has 2 aromatic rings. The highest BCUT2D eigenvalue weighted by atomic mass is 15.2. The quantitative estimate of drug-likeness (QED) is 0.728. The predicted octanol–water partition coefficient (Wildman–Crippen LogP) is 2.02. The molecule has 3 rings (SSSR count). The summed E-state index contributed by atoms with van der Waals surface area (Å²) in [6, 6.07) is 4.04. The second-order valence-corrected chi connectivity index (χ2v) is 4.12. The van der Waals surface area contributed by atoms with Crippen LogP contribution in [0.15, 0.2) is 24.5 Å². The van der Waals surface area contributed by atoms with E-state index >= 15 is 0 Å². The number of piperidine rings is 1. The second-order valence-electron chi connectivity index (χ2n) is 4.12. The number of hydrogen-bond acceptors (Lipinski definition) is 4. The summed E-state index contributed by atoms with van der Waals surface area (Å²) in [5.74, 6) is 1.03. The van der Waals surface area contributed by atoms with Crippen molar-refractivity contribution in [1.29, 1.82) is 0 Å². The Morgan fingerprint density at radius 1 is 0.938 bits per heavy atom. The van der Waals surface area contributed by atoms with Gasteiger partial charge >= 0.3 is 0 Å². The molecule has 0 aliphatic carbocycles. The van der Waals surface area contributed by atoms with Gasteiger partial charge in [0.05, 0.1) is 0 Å². The molecule has 0 aromatic carbocycles. The van der Waals surface area contributed by atoms with Crippen LogP contribution in [0.25, 0.3) is 11.2 Å². The highest BCUT2D eigenvalue weighted by molar-refractivity contribution is 5.71. The fraction of sp³-hybridized carbons (Fsp3) is 0.417. The van der Waals surface area contributed by atoms with Crippen LogP contribution in [0.5, 0.6) is 0 Å². The van der Waals surface area contributed by atoms with Crippen LogP contribution in [0.3, 0.4) is 0 Å². The van der Waals surface area contributed by atoms with Crippen molar-refractivity contribution in [3.63, 3.8) is 0 Å². The average Bonchev–Trinajstić information content (AvgIpc) is 2.39. The summed E-state index contributed by atoms with van der Waals surface area (Å²) in [5.41, 5.74) is 1.61. The molecule has 0 N–H and O–H groups in total. The highest BCUT2D eigenvalue weighted by Crippen LogP contribution is 2.19. The molecule has 16 heavy (non-hydrogen) atoms. The Morgan fingerprint density at radius 2 is 1.75 bits per heavy atom. The van der Waals surface area contributed by atoms with Crippen molar-refractivity contribution in [3.8, 4) is 0 Å². The maximum Gasteiger partial charge on any atom is 0.180 e. The van der Waals surface area contributed by atoms with Gasteiger partial charge in [0.1, 0.15) is 11.3 Å². The predicted molar refractivity (Wildman–Crippen MR) is 63.4 cm³/mol. The van der Waals surface area contributed by atoms with Gasteiger partial charge in [-0.1, -0.05) is 0 Å². The molecule has 1 saturated heterocycles. The Balaban J connectivity index is 1.97. The lowest BCUT2D eigenvalue weighted by Crippen LogP contribution is -2.30. The maximum absolute atomic E-state index is 4.55. The second kappa shape index (κ2) is 4.04. The van der Waals surface area contributed by atoms with Crippen LogP contribution in [0.1, 0.15) is 19.3 Å². The molecule has 82 valence electrons. The molecule has 0 amide bonds. The van der Waals surface area contributed by atoms with Crippen molar-refractivity contribution in [3.05, 3.63) is 24.5 Å². The summed E-state index contributed by atoms with van der Waals surface area (Å²) in [6.45, 7) is 2.22. The van der Waals surface area contributed by atoms with E-state index in [9.17, 15) is 0 Å². The van der Waals surface area contributed by atoms with E-state index in [0.717, 1.165) is 30.1 Å². The number of nitrogens with zero attached hydrogens (tertiary/aromatic N) is 4. The topological polar surface area (TPSA) is 41.9 Å². The first-order valence-electron chi connectivity index (χ1n) is 5.76. The molecule has 0 atom stereocenters. The van der Waals surface area contributed by atoms with Gasteiger partial charge in [0.25, 0.3) is 0 Å². The van der Waals surface area contributed by atoms with Crippen molar-refractivity contribution < 1.29 is 0 Å². The first-order valence-corrected chi connectivity index (χ1v) is 5.76. The Kier molecular flexibility index (Phi) is 2.40. The molecule has 3 heterocycles. The minimum Gasteiger partial charge on any atom is -0.357 e. The van der Waals surface area contributed by atoms with Crippen molar-refractivity contribution in [2.75, 3.05) is 18.0 Å². The lowest BCUT2D eigenvalue weighted by Gasteiger charge is -2.27. The van der Waals surface area contributed by atoms with Crippen molar-refractivity contribution in [2.45, 2.75) is 19.3 Å². The normalized spacial score (nSPS) is 16.6. The van der Waals surface area contributed by atoms with E-state index in [0.29, 0.717) is 0 Å². The third kappa shape index (κ3) is 1.71. The molecular weight excluding hydrogens is 200 g/mol. The number of aromatic nitrogens is 3. The molecule has 4 nitrogen and oxygen atoms in total. The van der Waals surface area contributed by atoms with Crippen LogP contribution in [-0.4, -0.2) is 28.0 Å². The van der Waals surface area contributed by atoms with Crippen LogP contribution in [-0.2, 0) is 0 Å². The van der Waals surface area contributed by atoms with E-state index in [1.54, 1.807) is 12.4 Å². The lowest BCUT2D eigenvalue weighted by atomic mass is 10.1. The van der Waals surface area contributed by atoms with Crippen LogP contribution in [0.2, 0.25) is 0 Å². The SMILES string of the molecule is c1cnc2nc(N3CCCCC3)ccc2n1. The van der Waals surface area contributed by atoms with Gasteiger partial charge in [0.15, 0.2) is 5.65 Å². The maximum atomic E-state index is 4.55. The van der Waals surface area contributed by atoms with E-state index in [1.807, 2.05) is 12.1 Å². The Morgan fingerprint density at radius 3 is 2.62 bits per heavy atom. The Bertz CT molecular complexity index is 491. The van der Waals surface area contributed by atoms with E-state index < -0.39 is 0 Å². The number of fused-ring (bicyclic) bond motifs is 1. The monoisotopic (exact) mass is 214 g/mol. The summed E-state index contributed by atoms with van der Waals surface area (Å²) >= 11 is 0. The van der Waals surface area contributed by atoms with Gasteiger partial charge in [-0.3, -0.25) is 4.98 Å². The Labute approximate surface area is 94.4 Å². The first kappa shape index (κ1) is 9.51. The number of rotatable bonds is 1. The lowest BCUT2D eigenvalue weighted by molar-refractivity contribution is 0.574. The summed E-state index contributed by atoms with van der Waals surface area (Å²) in [4.78, 5) is 15.3. The molecule has 0 bridgehead atoms. The Hall–Kier alpha value is -1.71. The zero-order chi connectivity index (χ0) is 10.8. The smallest absolute Gasteiger partial charge is 0.180 e. The van der Waals surface area contributed by atoms with Gasteiger partial charge in [0.2, 0.25) is 0 Å². The number of pyridine rings is 1. The number of anilines is 1. The van der Waals surface area contributed by atoms with Crippen LogP contribution >= 0.6 is 0 Å². The molecule has 0 saturated carbocycles. The fourth-order valence-electron chi connectivity index (χ4n) is 2.14. The summed E-state index contributed by atoms with van der Waals surface area (Å²) < 4.78 is 0. The highest BCUT2D eigenvalue weighted by Gasteiger charge is 2.12. The minimum absolute atomic E-state index is 0.741. The van der Waals surface area contributed by atoms with Gasteiger partial charge in [-0.25, -0.2) is 9.97 Å². The van der Waals surface area contributed by atoms with Crippen molar-refractivity contribution >= 4 is 17.0 Å². The molecule has 0 unspecified atom stereocenters. The van der Waals surface area contributed by atoms with E-state index in [2.05, 4.69) is 19.9 Å². The zero-order valence-corrected chi connectivity index (χ0v) is 9.13. The number of hydrogen-bond donors (Lipinski definition) is 0. The molecule has 1 aliphatic heterocycles. The van der Waals surface area contributed by atoms with Gasteiger partial charge in [-0.2, -0.15) is 0 Å². The summed E-state index contributed by atoms with van der Waals surface area (Å²) in [5, 5.41) is 0. The molecule has 2 aromatic heterocycles. The largest absolute Gasteiger partial charge is 0.357 e.